The van der Waals surface area contributed by atoms with E-state index < -0.39 is 5.60 Å². The first-order chi connectivity index (χ1) is 10.0. The van der Waals surface area contributed by atoms with E-state index in [0.717, 1.165) is 6.42 Å². The van der Waals surface area contributed by atoms with Crippen LogP contribution >= 0.6 is 0 Å². The van der Waals surface area contributed by atoms with E-state index >= 15 is 0 Å². The number of halogens is 1. The molecule has 1 aliphatic rings. The van der Waals surface area contributed by atoms with Gasteiger partial charge in [-0.05, 0) is 25.5 Å². The average Bonchev–Trinajstić information content (AvgIpc) is 2.87. The molecule has 114 valence electrons. The summed E-state index contributed by atoms with van der Waals surface area (Å²) in [4.78, 5) is 17.4. The number of rotatable bonds is 6. The number of amides is 1. The Labute approximate surface area is 123 Å². The van der Waals surface area contributed by atoms with Crippen molar-refractivity contribution >= 4 is 11.6 Å². The molecular weight excluding hydrogens is 275 g/mol. The molecule has 1 aromatic carbocycles. The molecule has 0 saturated heterocycles. The minimum absolute atomic E-state index is 0.228. The van der Waals surface area contributed by atoms with Crippen molar-refractivity contribution in [3.63, 3.8) is 0 Å². The Morgan fingerprint density at radius 1 is 1.57 bits per heavy atom. The second-order valence-electron chi connectivity index (χ2n) is 5.15. The van der Waals surface area contributed by atoms with Crippen LogP contribution in [0.5, 0.6) is 0 Å². The van der Waals surface area contributed by atoms with Gasteiger partial charge in [-0.3, -0.25) is 4.79 Å². The minimum Gasteiger partial charge on any atom is -0.385 e. The third-order valence-corrected chi connectivity index (χ3v) is 3.31. The van der Waals surface area contributed by atoms with Crippen molar-refractivity contribution < 1.29 is 18.8 Å². The molecule has 0 saturated carbocycles. The highest BCUT2D eigenvalue weighted by Gasteiger charge is 2.42. The molecule has 1 aliphatic heterocycles. The number of methoxy groups -OCH3 is 1. The summed E-state index contributed by atoms with van der Waals surface area (Å²) in [5.74, 6) is -0.568. The first kappa shape index (κ1) is 15.4. The Kier molecular flexibility index (Phi) is 4.90. The normalized spacial score (nSPS) is 20.8. The Hall–Kier alpha value is -1.95. The van der Waals surface area contributed by atoms with Gasteiger partial charge in [0.15, 0.2) is 0 Å². The zero-order chi connectivity index (χ0) is 15.3. The standard InChI is InChI=1S/C15H19FN2O3/c1-15(14(19)17-7-4-8-20-2)10-13(18-21-15)11-5-3-6-12(16)9-11/h3,5-6,9H,4,7-8,10H2,1-2H3,(H,17,19). The van der Waals surface area contributed by atoms with E-state index in [0.29, 0.717) is 30.8 Å². The van der Waals surface area contributed by atoms with E-state index in [1.165, 1.54) is 12.1 Å². The third-order valence-electron chi connectivity index (χ3n) is 3.31. The van der Waals surface area contributed by atoms with Crippen LogP contribution in [0.2, 0.25) is 0 Å². The Bertz CT molecular complexity index is 547. The molecule has 0 bridgehead atoms. The number of benzene rings is 1. The molecule has 0 fully saturated rings. The lowest BCUT2D eigenvalue weighted by Gasteiger charge is -2.20. The average molecular weight is 294 g/mol. The number of hydrogen-bond acceptors (Lipinski definition) is 4. The third kappa shape index (κ3) is 3.78. The molecule has 2 rings (SSSR count). The molecule has 1 amide bonds. The van der Waals surface area contributed by atoms with Crippen LogP contribution in [0.15, 0.2) is 29.4 Å². The smallest absolute Gasteiger partial charge is 0.267 e. The van der Waals surface area contributed by atoms with Crippen LogP contribution in [-0.2, 0) is 14.4 Å². The highest BCUT2D eigenvalue weighted by Crippen LogP contribution is 2.27. The predicted molar refractivity (Wildman–Crippen MR) is 76.5 cm³/mol. The van der Waals surface area contributed by atoms with Gasteiger partial charge >= 0.3 is 0 Å². The van der Waals surface area contributed by atoms with Gasteiger partial charge in [0, 0.05) is 32.2 Å². The number of nitrogens with one attached hydrogen (secondary N) is 1. The maximum atomic E-state index is 13.2. The van der Waals surface area contributed by atoms with E-state index in [1.807, 2.05) is 0 Å². The van der Waals surface area contributed by atoms with Gasteiger partial charge in [-0.2, -0.15) is 0 Å². The molecule has 21 heavy (non-hydrogen) atoms. The fraction of sp³-hybridized carbons (Fsp3) is 0.467. The second-order valence-corrected chi connectivity index (χ2v) is 5.15. The Balaban J connectivity index is 1.94. The molecule has 0 aliphatic carbocycles. The maximum absolute atomic E-state index is 13.2. The maximum Gasteiger partial charge on any atom is 0.267 e. The van der Waals surface area contributed by atoms with Crippen LogP contribution in [0.1, 0.15) is 25.3 Å². The second kappa shape index (κ2) is 6.67. The fourth-order valence-corrected chi connectivity index (χ4v) is 2.09. The van der Waals surface area contributed by atoms with Crippen molar-refractivity contribution in [2.45, 2.75) is 25.4 Å². The molecule has 1 N–H and O–H groups in total. The lowest BCUT2D eigenvalue weighted by Crippen LogP contribution is -2.45. The number of oxime groups is 1. The molecule has 1 atom stereocenters. The van der Waals surface area contributed by atoms with E-state index in [-0.39, 0.29) is 11.7 Å². The summed E-state index contributed by atoms with van der Waals surface area (Å²) in [5, 5.41) is 6.72. The SMILES string of the molecule is COCCCNC(=O)C1(C)CC(c2cccc(F)c2)=NO1. The molecule has 1 unspecified atom stereocenters. The van der Waals surface area contributed by atoms with Crippen molar-refractivity contribution in [3.05, 3.63) is 35.6 Å². The number of carbonyl (C=O) groups excluding carboxylic acids is 1. The highest BCUT2D eigenvalue weighted by atomic mass is 19.1. The van der Waals surface area contributed by atoms with Gasteiger partial charge in [0.25, 0.3) is 5.91 Å². The molecule has 0 radical (unpaired) electrons. The molecular formula is C15H19FN2O3. The summed E-state index contributed by atoms with van der Waals surface area (Å²) in [6.07, 6.45) is 1.04. The van der Waals surface area contributed by atoms with Gasteiger partial charge in [-0.15, -0.1) is 0 Å². The summed E-state index contributed by atoms with van der Waals surface area (Å²) in [5.41, 5.74) is 0.157. The molecule has 0 spiro atoms. The number of hydrogen-bond donors (Lipinski definition) is 1. The first-order valence-corrected chi connectivity index (χ1v) is 6.83. The summed E-state index contributed by atoms with van der Waals surface area (Å²) >= 11 is 0. The highest BCUT2D eigenvalue weighted by molar-refractivity contribution is 6.05. The predicted octanol–water partition coefficient (Wildman–Crippen LogP) is 1.86. The van der Waals surface area contributed by atoms with Crippen LogP contribution in [0, 0.1) is 5.82 Å². The summed E-state index contributed by atoms with van der Waals surface area (Å²) in [6, 6.07) is 6.09. The van der Waals surface area contributed by atoms with Gasteiger partial charge in [0.2, 0.25) is 5.60 Å². The lowest BCUT2D eigenvalue weighted by atomic mass is 9.95. The molecule has 6 heteroatoms. The van der Waals surface area contributed by atoms with Crippen molar-refractivity contribution in [3.8, 4) is 0 Å². The largest absolute Gasteiger partial charge is 0.385 e. The van der Waals surface area contributed by atoms with Gasteiger partial charge in [0.1, 0.15) is 5.82 Å². The quantitative estimate of drug-likeness (QED) is 0.815. The van der Waals surface area contributed by atoms with E-state index in [2.05, 4.69) is 10.5 Å². The lowest BCUT2D eigenvalue weighted by molar-refractivity contribution is -0.141. The van der Waals surface area contributed by atoms with Crippen molar-refractivity contribution in [2.24, 2.45) is 5.16 Å². The van der Waals surface area contributed by atoms with Crippen molar-refractivity contribution in [2.75, 3.05) is 20.3 Å². The fourth-order valence-electron chi connectivity index (χ4n) is 2.09. The number of nitrogens with zero attached hydrogens (tertiary/aromatic N) is 1. The Morgan fingerprint density at radius 3 is 3.10 bits per heavy atom. The number of ether oxygens (including phenoxy) is 1. The van der Waals surface area contributed by atoms with E-state index in [1.54, 1.807) is 26.2 Å². The molecule has 1 aromatic rings. The summed E-state index contributed by atoms with van der Waals surface area (Å²) in [7, 11) is 1.61. The molecule has 1 heterocycles. The van der Waals surface area contributed by atoms with Crippen LogP contribution in [0.25, 0.3) is 0 Å². The van der Waals surface area contributed by atoms with Gasteiger partial charge in [-0.1, -0.05) is 17.3 Å². The van der Waals surface area contributed by atoms with Crippen LogP contribution < -0.4 is 5.32 Å². The van der Waals surface area contributed by atoms with Crippen LogP contribution in [-0.4, -0.2) is 37.5 Å². The summed E-state index contributed by atoms with van der Waals surface area (Å²) < 4.78 is 18.1. The molecule has 0 aromatic heterocycles. The first-order valence-electron chi connectivity index (χ1n) is 6.83. The molecule has 5 nitrogen and oxygen atoms in total. The van der Waals surface area contributed by atoms with E-state index in [4.69, 9.17) is 9.57 Å². The van der Waals surface area contributed by atoms with Gasteiger partial charge in [0.05, 0.1) is 5.71 Å². The van der Waals surface area contributed by atoms with Crippen molar-refractivity contribution in [1.29, 1.82) is 0 Å². The Morgan fingerprint density at radius 2 is 2.38 bits per heavy atom. The van der Waals surface area contributed by atoms with Gasteiger partial charge in [-0.25, -0.2) is 4.39 Å². The van der Waals surface area contributed by atoms with Gasteiger partial charge < -0.3 is 14.9 Å². The zero-order valence-corrected chi connectivity index (χ0v) is 12.2. The summed E-state index contributed by atoms with van der Waals surface area (Å²) in [6.45, 7) is 2.78. The monoisotopic (exact) mass is 294 g/mol. The number of carbonyl (C=O) groups is 1. The van der Waals surface area contributed by atoms with Crippen LogP contribution in [0.4, 0.5) is 4.39 Å². The minimum atomic E-state index is -1.05. The van der Waals surface area contributed by atoms with E-state index in [9.17, 15) is 9.18 Å². The zero-order valence-electron chi connectivity index (χ0n) is 12.2. The van der Waals surface area contributed by atoms with Crippen molar-refractivity contribution in [1.82, 2.24) is 5.32 Å². The van der Waals surface area contributed by atoms with Crippen LogP contribution in [0.3, 0.4) is 0 Å². The topological polar surface area (TPSA) is 59.9 Å².